The molecule has 3 fully saturated rings. The quantitative estimate of drug-likeness (QED) is 0.786. The first-order valence-electron chi connectivity index (χ1n) is 7.58. The van der Waals surface area contributed by atoms with Crippen molar-refractivity contribution in [2.24, 2.45) is 34.5 Å². The summed E-state index contributed by atoms with van der Waals surface area (Å²) in [4.78, 5) is 0. The number of hydrogen-bond donors (Lipinski definition) is 1. The molecule has 98 valence electrons. The van der Waals surface area contributed by atoms with Gasteiger partial charge in [0, 0.05) is 0 Å². The molecule has 0 bridgehead atoms. The molecule has 0 spiro atoms. The van der Waals surface area contributed by atoms with Crippen LogP contribution in [0.25, 0.3) is 0 Å². The highest BCUT2D eigenvalue weighted by Crippen LogP contribution is 2.75. The minimum absolute atomic E-state index is 0.0189. The predicted octanol–water partition coefficient (Wildman–Crippen LogP) is 3.86. The van der Waals surface area contributed by atoms with Crippen LogP contribution in [0.1, 0.15) is 59.8 Å². The SMILES string of the molecule is CCC(O)C1CC1CC1CC2CC2(C)C1(C)C. The van der Waals surface area contributed by atoms with E-state index in [1.54, 1.807) is 0 Å². The molecule has 3 aliphatic carbocycles. The number of fused-ring (bicyclic) bond motifs is 1. The largest absolute Gasteiger partial charge is 0.393 e. The van der Waals surface area contributed by atoms with Crippen molar-refractivity contribution in [2.75, 3.05) is 0 Å². The molecule has 1 N–H and O–H groups in total. The van der Waals surface area contributed by atoms with Crippen LogP contribution >= 0.6 is 0 Å². The van der Waals surface area contributed by atoms with E-state index < -0.39 is 0 Å². The average molecular weight is 236 g/mol. The monoisotopic (exact) mass is 236 g/mol. The fourth-order valence-electron chi connectivity index (χ4n) is 4.76. The van der Waals surface area contributed by atoms with Crippen LogP contribution in [0.5, 0.6) is 0 Å². The second kappa shape index (κ2) is 3.50. The highest BCUT2D eigenvalue weighted by Gasteiger charge is 2.67. The topological polar surface area (TPSA) is 20.2 Å². The van der Waals surface area contributed by atoms with Crippen LogP contribution in [0, 0.1) is 34.5 Å². The fourth-order valence-corrected chi connectivity index (χ4v) is 4.76. The van der Waals surface area contributed by atoms with Gasteiger partial charge in [-0.1, -0.05) is 27.7 Å². The number of aliphatic hydroxyl groups is 1. The van der Waals surface area contributed by atoms with Gasteiger partial charge in [-0.15, -0.1) is 0 Å². The van der Waals surface area contributed by atoms with Crippen LogP contribution in [-0.4, -0.2) is 11.2 Å². The zero-order valence-corrected chi connectivity index (χ0v) is 11.9. The van der Waals surface area contributed by atoms with Gasteiger partial charge in [0.1, 0.15) is 0 Å². The Balaban J connectivity index is 1.58. The highest BCUT2D eigenvalue weighted by molar-refractivity contribution is 5.16. The lowest BCUT2D eigenvalue weighted by atomic mass is 9.69. The molecule has 17 heavy (non-hydrogen) atoms. The highest BCUT2D eigenvalue weighted by atomic mass is 16.3. The maximum absolute atomic E-state index is 9.88. The van der Waals surface area contributed by atoms with Crippen molar-refractivity contribution in [1.82, 2.24) is 0 Å². The van der Waals surface area contributed by atoms with Crippen LogP contribution in [-0.2, 0) is 0 Å². The number of aliphatic hydroxyl groups excluding tert-OH is 1. The predicted molar refractivity (Wildman–Crippen MR) is 70.6 cm³/mol. The lowest BCUT2D eigenvalue weighted by Gasteiger charge is -2.35. The molecule has 1 heteroatoms. The minimum Gasteiger partial charge on any atom is -0.393 e. The van der Waals surface area contributed by atoms with Crippen LogP contribution in [0.15, 0.2) is 0 Å². The smallest absolute Gasteiger partial charge is 0.0568 e. The second-order valence-corrected chi connectivity index (χ2v) is 7.84. The Morgan fingerprint density at radius 1 is 1.24 bits per heavy atom. The second-order valence-electron chi connectivity index (χ2n) is 7.84. The summed E-state index contributed by atoms with van der Waals surface area (Å²) in [6.45, 7) is 9.61. The standard InChI is InChI=1S/C16H28O/c1-5-14(17)13-7-10(13)6-11-8-12-9-16(12,4)15(11,2)3/h10-14,17H,5-9H2,1-4H3. The fraction of sp³-hybridized carbons (Fsp3) is 1.00. The Morgan fingerprint density at radius 2 is 1.94 bits per heavy atom. The Labute approximate surface area is 106 Å². The molecule has 3 saturated carbocycles. The van der Waals surface area contributed by atoms with Gasteiger partial charge >= 0.3 is 0 Å². The molecule has 0 aromatic carbocycles. The summed E-state index contributed by atoms with van der Waals surface area (Å²) < 4.78 is 0. The molecule has 1 nitrogen and oxygen atoms in total. The lowest BCUT2D eigenvalue weighted by Crippen LogP contribution is -2.28. The summed E-state index contributed by atoms with van der Waals surface area (Å²) in [5.74, 6) is 3.43. The first-order chi connectivity index (χ1) is 7.90. The van der Waals surface area contributed by atoms with Crippen molar-refractivity contribution < 1.29 is 5.11 Å². The van der Waals surface area contributed by atoms with E-state index in [-0.39, 0.29) is 6.10 Å². The molecule has 0 aliphatic heterocycles. The van der Waals surface area contributed by atoms with Gasteiger partial charge in [-0.2, -0.15) is 0 Å². The van der Waals surface area contributed by atoms with E-state index in [9.17, 15) is 5.11 Å². The van der Waals surface area contributed by atoms with E-state index >= 15 is 0 Å². The first kappa shape index (κ1) is 12.0. The summed E-state index contributed by atoms with van der Waals surface area (Å²) in [5, 5.41) is 9.88. The van der Waals surface area contributed by atoms with Gasteiger partial charge < -0.3 is 5.11 Å². The first-order valence-corrected chi connectivity index (χ1v) is 7.58. The zero-order chi connectivity index (χ0) is 12.4. The van der Waals surface area contributed by atoms with Gasteiger partial charge in [-0.3, -0.25) is 0 Å². The van der Waals surface area contributed by atoms with E-state index in [1.165, 1.54) is 25.7 Å². The molecule has 0 amide bonds. The molecule has 0 saturated heterocycles. The molecule has 3 rings (SSSR count). The normalized spacial score (nSPS) is 52.1. The number of hydrogen-bond acceptors (Lipinski definition) is 1. The molecule has 0 aromatic rings. The summed E-state index contributed by atoms with van der Waals surface area (Å²) in [5.41, 5.74) is 1.20. The minimum atomic E-state index is -0.0189. The summed E-state index contributed by atoms with van der Waals surface area (Å²) in [6, 6.07) is 0. The van der Waals surface area contributed by atoms with E-state index in [0.29, 0.717) is 16.7 Å². The van der Waals surface area contributed by atoms with Gasteiger partial charge in [0.25, 0.3) is 0 Å². The maximum atomic E-state index is 9.88. The van der Waals surface area contributed by atoms with E-state index in [2.05, 4.69) is 27.7 Å². The van der Waals surface area contributed by atoms with Gasteiger partial charge in [-0.25, -0.2) is 0 Å². The van der Waals surface area contributed by atoms with Crippen molar-refractivity contribution in [3.63, 3.8) is 0 Å². The van der Waals surface area contributed by atoms with E-state index in [1.807, 2.05) is 0 Å². The van der Waals surface area contributed by atoms with Crippen molar-refractivity contribution in [3.8, 4) is 0 Å². The van der Waals surface area contributed by atoms with Crippen molar-refractivity contribution in [2.45, 2.75) is 65.9 Å². The molecule has 3 aliphatic rings. The third-order valence-electron chi connectivity index (χ3n) is 6.95. The van der Waals surface area contributed by atoms with Crippen molar-refractivity contribution in [1.29, 1.82) is 0 Å². The van der Waals surface area contributed by atoms with E-state index in [4.69, 9.17) is 0 Å². The maximum Gasteiger partial charge on any atom is 0.0568 e. The third kappa shape index (κ3) is 1.61. The molecule has 0 aromatic heterocycles. The van der Waals surface area contributed by atoms with Gasteiger partial charge in [0.15, 0.2) is 0 Å². The molecule has 0 heterocycles. The average Bonchev–Trinajstić information content (AvgIpc) is 3.13. The van der Waals surface area contributed by atoms with Crippen molar-refractivity contribution in [3.05, 3.63) is 0 Å². The molecular weight excluding hydrogens is 208 g/mol. The lowest BCUT2D eigenvalue weighted by molar-refractivity contribution is 0.116. The molecule has 0 radical (unpaired) electrons. The Morgan fingerprint density at radius 3 is 2.47 bits per heavy atom. The third-order valence-corrected chi connectivity index (χ3v) is 6.95. The molecule has 6 atom stereocenters. The van der Waals surface area contributed by atoms with Crippen LogP contribution in [0.4, 0.5) is 0 Å². The zero-order valence-electron chi connectivity index (χ0n) is 11.9. The molecular formula is C16H28O. The summed E-state index contributed by atoms with van der Waals surface area (Å²) in [6.07, 6.45) is 6.55. The van der Waals surface area contributed by atoms with E-state index in [0.717, 1.165) is 24.2 Å². The summed E-state index contributed by atoms with van der Waals surface area (Å²) in [7, 11) is 0. The van der Waals surface area contributed by atoms with Crippen LogP contribution < -0.4 is 0 Å². The Hall–Kier alpha value is -0.0400. The van der Waals surface area contributed by atoms with Gasteiger partial charge in [-0.05, 0) is 66.6 Å². The Bertz CT molecular complexity index is 321. The van der Waals surface area contributed by atoms with Gasteiger partial charge in [0.05, 0.1) is 6.10 Å². The summed E-state index contributed by atoms with van der Waals surface area (Å²) >= 11 is 0. The van der Waals surface area contributed by atoms with Crippen LogP contribution in [0.3, 0.4) is 0 Å². The number of rotatable bonds is 4. The van der Waals surface area contributed by atoms with Gasteiger partial charge in [0.2, 0.25) is 0 Å². The van der Waals surface area contributed by atoms with Crippen molar-refractivity contribution >= 4 is 0 Å². The van der Waals surface area contributed by atoms with Crippen LogP contribution in [0.2, 0.25) is 0 Å². The molecule has 6 unspecified atom stereocenters. The Kier molecular flexibility index (Phi) is 2.47.